The van der Waals surface area contributed by atoms with E-state index in [9.17, 15) is 26.4 Å². The van der Waals surface area contributed by atoms with Gasteiger partial charge in [-0.2, -0.15) is 13.2 Å². The first-order valence-corrected chi connectivity index (χ1v) is 11.0. The van der Waals surface area contributed by atoms with E-state index in [0.29, 0.717) is 5.56 Å². The van der Waals surface area contributed by atoms with Crippen LogP contribution < -0.4 is 5.32 Å². The lowest BCUT2D eigenvalue weighted by Crippen LogP contribution is -2.50. The van der Waals surface area contributed by atoms with Crippen LogP contribution in [0.25, 0.3) is 0 Å². The molecule has 28 heavy (non-hydrogen) atoms. The maximum atomic E-state index is 13.3. The van der Waals surface area contributed by atoms with Crippen molar-refractivity contribution in [3.05, 3.63) is 46.3 Å². The number of amides is 2. The van der Waals surface area contributed by atoms with Crippen LogP contribution in [0.1, 0.15) is 31.4 Å². The predicted octanol–water partition coefficient (Wildman–Crippen LogP) is 4.31. The van der Waals surface area contributed by atoms with Gasteiger partial charge in [-0.05, 0) is 31.4 Å². The SMILES string of the molecule is C[C@@H](/C=C/S(C)(=O)=O)NC(=O)N1CC[C@H](C(F)(F)F)C[C@@H]1c1ccccc1Cl. The molecule has 1 aliphatic rings. The smallest absolute Gasteiger partial charge is 0.332 e. The summed E-state index contributed by atoms with van der Waals surface area (Å²) >= 11 is 6.18. The number of likely N-dealkylation sites (tertiary alicyclic amines) is 1. The normalized spacial score (nSPS) is 22.3. The molecule has 1 aliphatic heterocycles. The molecular formula is C18H22ClF3N2O3S. The Hall–Kier alpha value is -1.74. The number of carbonyl (C=O) groups excluding carboxylic acids is 1. The van der Waals surface area contributed by atoms with Gasteiger partial charge in [-0.15, -0.1) is 0 Å². The molecule has 1 heterocycles. The zero-order valence-electron chi connectivity index (χ0n) is 15.4. The Bertz CT molecular complexity index is 843. The highest BCUT2D eigenvalue weighted by Crippen LogP contribution is 2.43. The molecular weight excluding hydrogens is 417 g/mol. The number of urea groups is 1. The minimum Gasteiger partial charge on any atom is -0.332 e. The zero-order chi connectivity index (χ0) is 21.1. The Kier molecular flexibility index (Phi) is 7.03. The van der Waals surface area contributed by atoms with E-state index >= 15 is 0 Å². The van der Waals surface area contributed by atoms with Crippen molar-refractivity contribution in [3.63, 3.8) is 0 Å². The fraction of sp³-hybridized carbons (Fsp3) is 0.500. The number of benzene rings is 1. The van der Waals surface area contributed by atoms with Crippen molar-refractivity contribution in [1.82, 2.24) is 10.2 Å². The van der Waals surface area contributed by atoms with Gasteiger partial charge >= 0.3 is 12.2 Å². The Labute approximate surface area is 167 Å². The number of carbonyl (C=O) groups is 1. The third-order valence-corrected chi connectivity index (χ3v) is 5.55. The summed E-state index contributed by atoms with van der Waals surface area (Å²) in [5.74, 6) is -1.53. The molecule has 1 saturated heterocycles. The summed E-state index contributed by atoms with van der Waals surface area (Å²) in [5.41, 5.74) is 0.451. The molecule has 0 unspecified atom stereocenters. The van der Waals surface area contributed by atoms with Gasteiger partial charge in [-0.1, -0.05) is 35.9 Å². The molecule has 0 radical (unpaired) electrons. The van der Waals surface area contributed by atoms with E-state index in [2.05, 4.69) is 5.32 Å². The Balaban J connectivity index is 2.24. The number of rotatable bonds is 4. The van der Waals surface area contributed by atoms with Crippen LogP contribution in [0.3, 0.4) is 0 Å². The van der Waals surface area contributed by atoms with E-state index in [1.807, 2.05) is 0 Å². The monoisotopic (exact) mass is 438 g/mol. The van der Waals surface area contributed by atoms with Crippen molar-refractivity contribution in [2.45, 2.75) is 38.0 Å². The molecule has 0 aliphatic carbocycles. The fourth-order valence-corrected chi connectivity index (χ4v) is 3.92. The molecule has 156 valence electrons. The molecule has 2 rings (SSSR count). The van der Waals surface area contributed by atoms with Crippen molar-refractivity contribution in [2.24, 2.45) is 5.92 Å². The summed E-state index contributed by atoms with van der Waals surface area (Å²) in [4.78, 5) is 14.0. The highest BCUT2D eigenvalue weighted by molar-refractivity contribution is 7.93. The molecule has 1 fully saturated rings. The molecule has 2 amide bonds. The van der Waals surface area contributed by atoms with Gasteiger partial charge in [0.2, 0.25) is 0 Å². The number of nitrogens with one attached hydrogen (secondary N) is 1. The summed E-state index contributed by atoms with van der Waals surface area (Å²) in [7, 11) is -3.35. The maximum Gasteiger partial charge on any atom is 0.391 e. The molecule has 1 aromatic rings. The van der Waals surface area contributed by atoms with Crippen LogP contribution >= 0.6 is 11.6 Å². The van der Waals surface area contributed by atoms with Crippen LogP contribution in [0.4, 0.5) is 18.0 Å². The second-order valence-corrected chi connectivity index (χ2v) is 9.23. The third-order valence-electron chi connectivity index (χ3n) is 4.56. The summed E-state index contributed by atoms with van der Waals surface area (Å²) in [6, 6.07) is 4.48. The van der Waals surface area contributed by atoms with Gasteiger partial charge in [0.25, 0.3) is 0 Å². The highest BCUT2D eigenvalue weighted by atomic mass is 35.5. The first-order valence-electron chi connectivity index (χ1n) is 8.65. The molecule has 1 aromatic carbocycles. The second kappa shape index (κ2) is 8.73. The third kappa shape index (κ3) is 6.13. The molecule has 0 saturated carbocycles. The van der Waals surface area contributed by atoms with Crippen LogP contribution in [-0.2, 0) is 9.84 Å². The van der Waals surface area contributed by atoms with E-state index < -0.39 is 40.0 Å². The number of piperidine rings is 1. The van der Waals surface area contributed by atoms with Gasteiger partial charge in [0, 0.05) is 29.3 Å². The summed E-state index contributed by atoms with van der Waals surface area (Å²) < 4.78 is 62.2. The average Bonchev–Trinajstić information content (AvgIpc) is 2.58. The molecule has 10 heteroatoms. The minimum absolute atomic E-state index is 0.0889. The lowest BCUT2D eigenvalue weighted by Gasteiger charge is -2.40. The largest absolute Gasteiger partial charge is 0.391 e. The first kappa shape index (κ1) is 22.5. The minimum atomic E-state index is -4.35. The van der Waals surface area contributed by atoms with E-state index in [-0.39, 0.29) is 24.4 Å². The van der Waals surface area contributed by atoms with Gasteiger partial charge in [-0.25, -0.2) is 13.2 Å². The van der Waals surface area contributed by atoms with E-state index in [1.54, 1.807) is 31.2 Å². The Morgan fingerprint density at radius 2 is 2.00 bits per heavy atom. The number of sulfone groups is 1. The van der Waals surface area contributed by atoms with Crippen LogP contribution in [-0.4, -0.2) is 44.4 Å². The van der Waals surface area contributed by atoms with Crippen molar-refractivity contribution in [3.8, 4) is 0 Å². The molecule has 0 bridgehead atoms. The van der Waals surface area contributed by atoms with Gasteiger partial charge < -0.3 is 10.2 Å². The fourth-order valence-electron chi connectivity index (χ4n) is 3.13. The maximum absolute atomic E-state index is 13.3. The summed E-state index contributed by atoms with van der Waals surface area (Å²) in [5, 5.41) is 3.87. The van der Waals surface area contributed by atoms with Crippen molar-refractivity contribution < 1.29 is 26.4 Å². The molecule has 0 spiro atoms. The number of halogens is 4. The van der Waals surface area contributed by atoms with Gasteiger partial charge in [0.1, 0.15) is 0 Å². The number of hydrogen-bond acceptors (Lipinski definition) is 3. The van der Waals surface area contributed by atoms with Crippen molar-refractivity contribution in [1.29, 1.82) is 0 Å². The number of nitrogens with zero attached hydrogens (tertiary/aromatic N) is 1. The summed E-state index contributed by atoms with van der Waals surface area (Å²) in [6.45, 7) is 1.49. The van der Waals surface area contributed by atoms with Gasteiger partial charge in [0.05, 0.1) is 12.0 Å². The van der Waals surface area contributed by atoms with E-state index in [1.165, 1.54) is 11.0 Å². The van der Waals surface area contributed by atoms with Gasteiger partial charge in [0.15, 0.2) is 9.84 Å². The molecule has 3 atom stereocenters. The number of alkyl halides is 3. The van der Waals surface area contributed by atoms with Crippen molar-refractivity contribution in [2.75, 3.05) is 12.8 Å². The quantitative estimate of drug-likeness (QED) is 0.761. The molecule has 5 nitrogen and oxygen atoms in total. The van der Waals surface area contributed by atoms with Crippen molar-refractivity contribution >= 4 is 27.5 Å². The van der Waals surface area contributed by atoms with E-state index in [0.717, 1.165) is 11.7 Å². The van der Waals surface area contributed by atoms with Crippen LogP contribution in [0.15, 0.2) is 35.7 Å². The second-order valence-electron chi connectivity index (χ2n) is 6.89. The lowest BCUT2D eigenvalue weighted by atomic mass is 9.86. The van der Waals surface area contributed by atoms with Crippen LogP contribution in [0.5, 0.6) is 0 Å². The first-order chi connectivity index (χ1) is 12.9. The lowest BCUT2D eigenvalue weighted by molar-refractivity contribution is -0.188. The summed E-state index contributed by atoms with van der Waals surface area (Å²) in [6.07, 6.45) is -2.51. The molecule has 1 N–H and O–H groups in total. The predicted molar refractivity (Wildman–Crippen MR) is 102 cm³/mol. The zero-order valence-corrected chi connectivity index (χ0v) is 17.0. The Morgan fingerprint density at radius 1 is 1.36 bits per heavy atom. The number of hydrogen-bond donors (Lipinski definition) is 1. The van der Waals surface area contributed by atoms with Crippen LogP contribution in [0, 0.1) is 5.92 Å². The topological polar surface area (TPSA) is 66.5 Å². The van der Waals surface area contributed by atoms with Gasteiger partial charge in [-0.3, -0.25) is 0 Å². The highest BCUT2D eigenvalue weighted by Gasteiger charge is 2.46. The van der Waals surface area contributed by atoms with Crippen LogP contribution in [0.2, 0.25) is 5.02 Å². The van der Waals surface area contributed by atoms with E-state index in [4.69, 9.17) is 11.6 Å². The Morgan fingerprint density at radius 3 is 2.57 bits per heavy atom. The standard InChI is InChI=1S/C18H22ClF3N2O3S/c1-12(8-10-28(2,26)27)23-17(25)24-9-7-13(18(20,21)22)11-16(24)14-5-3-4-6-15(14)19/h3-6,8,10,12-13,16H,7,9,11H2,1-2H3,(H,23,25)/b10-8+/t12-,13-,16+/m0/s1. The average molecular weight is 439 g/mol. The molecule has 0 aromatic heterocycles.